The zero-order valence-corrected chi connectivity index (χ0v) is 11.3. The molecule has 0 unspecified atom stereocenters. The van der Waals surface area contributed by atoms with E-state index in [1.165, 1.54) is 12.1 Å². The van der Waals surface area contributed by atoms with E-state index in [-0.39, 0.29) is 17.2 Å². The van der Waals surface area contributed by atoms with Crippen molar-refractivity contribution in [3.05, 3.63) is 70.5 Å². The molecule has 2 aromatic carbocycles. The number of carbonyl (C=O) groups is 1. The van der Waals surface area contributed by atoms with Gasteiger partial charge in [0, 0.05) is 5.02 Å². The Kier molecular flexibility index (Phi) is 4.71. The largest absolute Gasteiger partial charge is 0.394 e. The topological polar surface area (TPSA) is 49.3 Å². The minimum atomic E-state index is -0.695. The Morgan fingerprint density at radius 3 is 2.55 bits per heavy atom. The van der Waals surface area contributed by atoms with Crippen molar-refractivity contribution in [2.75, 3.05) is 6.61 Å². The summed E-state index contributed by atoms with van der Waals surface area (Å²) in [7, 11) is 0. The van der Waals surface area contributed by atoms with Crippen molar-refractivity contribution in [1.82, 2.24) is 5.32 Å². The van der Waals surface area contributed by atoms with E-state index in [9.17, 15) is 14.3 Å². The highest BCUT2D eigenvalue weighted by molar-refractivity contribution is 6.30. The van der Waals surface area contributed by atoms with Gasteiger partial charge in [-0.15, -0.1) is 0 Å². The lowest BCUT2D eigenvalue weighted by Crippen LogP contribution is -2.31. The van der Waals surface area contributed by atoms with Gasteiger partial charge < -0.3 is 10.4 Å². The van der Waals surface area contributed by atoms with Gasteiger partial charge in [-0.3, -0.25) is 4.79 Å². The minimum Gasteiger partial charge on any atom is -0.394 e. The number of amides is 1. The molecule has 0 spiro atoms. The molecule has 20 heavy (non-hydrogen) atoms. The quantitative estimate of drug-likeness (QED) is 0.910. The third kappa shape index (κ3) is 3.35. The molecule has 0 aliphatic heterocycles. The number of hydrogen-bond acceptors (Lipinski definition) is 2. The van der Waals surface area contributed by atoms with Crippen LogP contribution in [0.4, 0.5) is 4.39 Å². The zero-order chi connectivity index (χ0) is 14.5. The standard InChI is InChI=1S/C15H13ClFNO2/c16-11-6-7-12(13(17)8-11)15(20)18-14(9-19)10-4-2-1-3-5-10/h1-8,14,19H,9H2,(H,18,20)/t14-/m1/s1. The van der Waals surface area contributed by atoms with Gasteiger partial charge >= 0.3 is 0 Å². The molecule has 104 valence electrons. The molecule has 0 aromatic heterocycles. The lowest BCUT2D eigenvalue weighted by Gasteiger charge is -2.17. The Hall–Kier alpha value is -1.91. The number of carbonyl (C=O) groups excluding carboxylic acids is 1. The number of aliphatic hydroxyl groups is 1. The van der Waals surface area contributed by atoms with E-state index in [0.717, 1.165) is 11.6 Å². The van der Waals surface area contributed by atoms with Gasteiger partial charge in [-0.2, -0.15) is 0 Å². The third-order valence-electron chi connectivity index (χ3n) is 2.87. The highest BCUT2D eigenvalue weighted by Crippen LogP contribution is 2.17. The van der Waals surface area contributed by atoms with Crippen LogP contribution in [0.5, 0.6) is 0 Å². The van der Waals surface area contributed by atoms with Crippen LogP contribution < -0.4 is 5.32 Å². The Bertz CT molecular complexity index is 604. The zero-order valence-electron chi connectivity index (χ0n) is 10.5. The Morgan fingerprint density at radius 1 is 1.25 bits per heavy atom. The van der Waals surface area contributed by atoms with Crippen molar-refractivity contribution in [2.24, 2.45) is 0 Å². The lowest BCUT2D eigenvalue weighted by molar-refractivity contribution is 0.0912. The molecule has 5 heteroatoms. The van der Waals surface area contributed by atoms with Gasteiger partial charge in [0.25, 0.3) is 5.91 Å². The molecular formula is C15H13ClFNO2. The second kappa shape index (κ2) is 6.50. The summed E-state index contributed by atoms with van der Waals surface area (Å²) in [4.78, 5) is 12.0. The van der Waals surface area contributed by atoms with Gasteiger partial charge in [-0.1, -0.05) is 41.9 Å². The molecule has 0 bridgehead atoms. The van der Waals surface area contributed by atoms with Crippen molar-refractivity contribution < 1.29 is 14.3 Å². The molecule has 1 atom stereocenters. The maximum atomic E-state index is 13.6. The predicted octanol–water partition coefficient (Wildman–Crippen LogP) is 2.94. The van der Waals surface area contributed by atoms with Gasteiger partial charge in [0.05, 0.1) is 18.2 Å². The summed E-state index contributed by atoms with van der Waals surface area (Å²) in [5.74, 6) is -1.29. The monoisotopic (exact) mass is 293 g/mol. The summed E-state index contributed by atoms with van der Waals surface area (Å²) < 4.78 is 13.6. The molecule has 0 aliphatic carbocycles. The number of hydrogen-bond donors (Lipinski definition) is 2. The molecule has 3 nitrogen and oxygen atoms in total. The summed E-state index contributed by atoms with van der Waals surface area (Å²) in [6.45, 7) is -0.273. The van der Waals surface area contributed by atoms with E-state index in [0.29, 0.717) is 0 Å². The van der Waals surface area contributed by atoms with Crippen LogP contribution in [0.3, 0.4) is 0 Å². The van der Waals surface area contributed by atoms with E-state index >= 15 is 0 Å². The van der Waals surface area contributed by atoms with Crippen LogP contribution in [0.1, 0.15) is 22.0 Å². The summed E-state index contributed by atoms with van der Waals surface area (Å²) >= 11 is 5.64. The first-order valence-electron chi connectivity index (χ1n) is 6.03. The Labute approximate surface area is 121 Å². The average molecular weight is 294 g/mol. The highest BCUT2D eigenvalue weighted by Gasteiger charge is 2.17. The molecule has 1 amide bonds. The first-order chi connectivity index (χ1) is 9.61. The minimum absolute atomic E-state index is 0.108. The predicted molar refractivity (Wildman–Crippen MR) is 75.1 cm³/mol. The lowest BCUT2D eigenvalue weighted by atomic mass is 10.1. The molecule has 0 aliphatic rings. The fourth-order valence-electron chi connectivity index (χ4n) is 1.83. The van der Waals surface area contributed by atoms with Crippen molar-refractivity contribution in [1.29, 1.82) is 0 Å². The second-order valence-electron chi connectivity index (χ2n) is 4.24. The number of aliphatic hydroxyl groups excluding tert-OH is 1. The first-order valence-corrected chi connectivity index (χ1v) is 6.41. The molecular weight excluding hydrogens is 281 g/mol. The van der Waals surface area contributed by atoms with Crippen LogP contribution in [-0.2, 0) is 0 Å². The fraction of sp³-hybridized carbons (Fsp3) is 0.133. The van der Waals surface area contributed by atoms with Crippen LogP contribution >= 0.6 is 11.6 Å². The highest BCUT2D eigenvalue weighted by atomic mass is 35.5. The molecule has 0 saturated heterocycles. The van der Waals surface area contributed by atoms with Gasteiger partial charge in [0.2, 0.25) is 0 Å². The van der Waals surface area contributed by atoms with Gasteiger partial charge in [0.15, 0.2) is 0 Å². The van der Waals surface area contributed by atoms with Crippen molar-refractivity contribution in [2.45, 2.75) is 6.04 Å². The Morgan fingerprint density at radius 2 is 1.95 bits per heavy atom. The van der Waals surface area contributed by atoms with E-state index in [4.69, 9.17) is 11.6 Å². The van der Waals surface area contributed by atoms with Crippen LogP contribution in [0.25, 0.3) is 0 Å². The fourth-order valence-corrected chi connectivity index (χ4v) is 1.99. The van der Waals surface area contributed by atoms with E-state index in [1.54, 1.807) is 24.3 Å². The summed E-state index contributed by atoms with van der Waals surface area (Å²) in [6, 6.07) is 12.2. The van der Waals surface area contributed by atoms with Crippen LogP contribution in [-0.4, -0.2) is 17.6 Å². The van der Waals surface area contributed by atoms with Crippen molar-refractivity contribution >= 4 is 17.5 Å². The van der Waals surface area contributed by atoms with Crippen LogP contribution in [0.2, 0.25) is 5.02 Å². The maximum Gasteiger partial charge on any atom is 0.254 e. The Balaban J connectivity index is 2.17. The van der Waals surface area contributed by atoms with Crippen molar-refractivity contribution in [3.8, 4) is 0 Å². The van der Waals surface area contributed by atoms with E-state index in [1.807, 2.05) is 6.07 Å². The summed E-state index contributed by atoms with van der Waals surface area (Å²) in [5, 5.41) is 12.2. The van der Waals surface area contributed by atoms with Crippen LogP contribution in [0, 0.1) is 5.82 Å². The molecule has 0 fully saturated rings. The smallest absolute Gasteiger partial charge is 0.254 e. The number of rotatable bonds is 4. The maximum absolute atomic E-state index is 13.6. The number of benzene rings is 2. The first kappa shape index (κ1) is 14.5. The average Bonchev–Trinajstić information content (AvgIpc) is 2.45. The third-order valence-corrected chi connectivity index (χ3v) is 3.10. The van der Waals surface area contributed by atoms with Gasteiger partial charge in [0.1, 0.15) is 5.82 Å². The van der Waals surface area contributed by atoms with E-state index < -0.39 is 17.8 Å². The SMILES string of the molecule is O=C(N[C@H](CO)c1ccccc1)c1ccc(Cl)cc1F. The van der Waals surface area contributed by atoms with Crippen LogP contribution in [0.15, 0.2) is 48.5 Å². The number of halogens is 2. The molecule has 2 aromatic rings. The number of nitrogens with one attached hydrogen (secondary N) is 1. The summed E-state index contributed by atoms with van der Waals surface area (Å²) in [6.07, 6.45) is 0. The van der Waals surface area contributed by atoms with E-state index in [2.05, 4.69) is 5.32 Å². The normalized spacial score (nSPS) is 11.9. The second-order valence-corrected chi connectivity index (χ2v) is 4.68. The molecule has 0 heterocycles. The van der Waals surface area contributed by atoms with Gasteiger partial charge in [-0.25, -0.2) is 4.39 Å². The van der Waals surface area contributed by atoms with Crippen molar-refractivity contribution in [3.63, 3.8) is 0 Å². The van der Waals surface area contributed by atoms with Gasteiger partial charge in [-0.05, 0) is 23.8 Å². The molecule has 0 saturated carbocycles. The molecule has 2 N–H and O–H groups in total. The molecule has 2 rings (SSSR count). The summed E-state index contributed by atoms with van der Waals surface area (Å²) in [5.41, 5.74) is 0.640. The molecule has 0 radical (unpaired) electrons.